The first-order valence-electron chi connectivity index (χ1n) is 9.52. The van der Waals surface area contributed by atoms with Crippen LogP contribution >= 0.6 is 0 Å². The Morgan fingerprint density at radius 2 is 2.04 bits per heavy atom. The molecular formula is C22H24N4O. The Morgan fingerprint density at radius 3 is 2.85 bits per heavy atom. The summed E-state index contributed by atoms with van der Waals surface area (Å²) in [5.74, 6) is 1.47. The fourth-order valence-corrected chi connectivity index (χ4v) is 3.69. The van der Waals surface area contributed by atoms with Gasteiger partial charge in [-0.05, 0) is 48.6 Å². The number of hydrogen-bond acceptors (Lipinski definition) is 4. The van der Waals surface area contributed by atoms with Gasteiger partial charge in [-0.1, -0.05) is 25.1 Å². The second-order valence-corrected chi connectivity index (χ2v) is 7.28. The summed E-state index contributed by atoms with van der Waals surface area (Å²) in [5, 5.41) is 3.92. The van der Waals surface area contributed by atoms with Crippen LogP contribution in [0.5, 0.6) is 0 Å². The highest BCUT2D eigenvalue weighted by molar-refractivity contribution is 6.07. The summed E-state index contributed by atoms with van der Waals surface area (Å²) in [4.78, 5) is 24.1. The molecule has 0 spiro atoms. The number of rotatable bonds is 4. The molecule has 1 aliphatic heterocycles. The molecule has 1 aliphatic rings. The maximum absolute atomic E-state index is 13.0. The highest BCUT2D eigenvalue weighted by Gasteiger charge is 2.20. The van der Waals surface area contributed by atoms with E-state index in [0.29, 0.717) is 18.0 Å². The van der Waals surface area contributed by atoms with Crippen LogP contribution in [0.15, 0.2) is 54.9 Å². The van der Waals surface area contributed by atoms with E-state index in [0.717, 1.165) is 35.4 Å². The second-order valence-electron chi connectivity index (χ2n) is 7.28. The molecule has 1 amide bonds. The minimum Gasteiger partial charge on any atom is -0.356 e. The van der Waals surface area contributed by atoms with E-state index in [-0.39, 0.29) is 5.91 Å². The third-order valence-electron chi connectivity index (χ3n) is 5.13. The first-order valence-corrected chi connectivity index (χ1v) is 9.52. The minimum atomic E-state index is -0.0725. The molecule has 5 heteroatoms. The highest BCUT2D eigenvalue weighted by atomic mass is 16.1. The van der Waals surface area contributed by atoms with Gasteiger partial charge in [0.05, 0.1) is 11.1 Å². The number of benzene rings is 1. The third kappa shape index (κ3) is 3.92. The summed E-state index contributed by atoms with van der Waals surface area (Å²) in [5.41, 5.74) is 2.58. The molecule has 3 heterocycles. The van der Waals surface area contributed by atoms with E-state index in [9.17, 15) is 4.79 Å². The number of carbonyl (C=O) groups is 1. The lowest BCUT2D eigenvalue weighted by molar-refractivity contribution is 0.0952. The van der Waals surface area contributed by atoms with Crippen LogP contribution in [0.1, 0.15) is 35.7 Å². The maximum atomic E-state index is 13.0. The van der Waals surface area contributed by atoms with E-state index in [1.54, 1.807) is 12.4 Å². The maximum Gasteiger partial charge on any atom is 0.252 e. The summed E-state index contributed by atoms with van der Waals surface area (Å²) < 4.78 is 0. The molecule has 2 aromatic heterocycles. The van der Waals surface area contributed by atoms with Crippen LogP contribution in [0, 0.1) is 5.92 Å². The van der Waals surface area contributed by atoms with Gasteiger partial charge in [0.25, 0.3) is 5.91 Å². The predicted octanol–water partition coefficient (Wildman–Crippen LogP) is 3.80. The van der Waals surface area contributed by atoms with E-state index < -0.39 is 0 Å². The molecular weight excluding hydrogens is 336 g/mol. The molecule has 1 saturated heterocycles. The minimum absolute atomic E-state index is 0.0725. The number of amides is 1. The molecule has 0 saturated carbocycles. The van der Waals surface area contributed by atoms with Gasteiger partial charge < -0.3 is 10.2 Å². The van der Waals surface area contributed by atoms with Crippen molar-refractivity contribution in [2.75, 3.05) is 18.0 Å². The van der Waals surface area contributed by atoms with Crippen molar-refractivity contribution in [3.05, 3.63) is 66.0 Å². The number of anilines is 1. The number of piperidine rings is 1. The summed E-state index contributed by atoms with van der Waals surface area (Å²) in [6.07, 6.45) is 5.89. The first-order chi connectivity index (χ1) is 13.2. The number of nitrogens with one attached hydrogen (secondary N) is 1. The van der Waals surface area contributed by atoms with Crippen molar-refractivity contribution in [2.24, 2.45) is 5.92 Å². The Balaban J connectivity index is 1.64. The largest absolute Gasteiger partial charge is 0.356 e. The molecule has 138 valence electrons. The lowest BCUT2D eigenvalue weighted by atomic mass is 10.00. The lowest BCUT2D eigenvalue weighted by Gasteiger charge is -2.32. The van der Waals surface area contributed by atoms with E-state index in [1.165, 1.54) is 12.8 Å². The van der Waals surface area contributed by atoms with Crippen molar-refractivity contribution in [3.8, 4) is 0 Å². The van der Waals surface area contributed by atoms with Gasteiger partial charge in [0.2, 0.25) is 0 Å². The molecule has 5 nitrogen and oxygen atoms in total. The van der Waals surface area contributed by atoms with Crippen LogP contribution in [0.4, 0.5) is 5.82 Å². The Morgan fingerprint density at radius 1 is 1.22 bits per heavy atom. The smallest absolute Gasteiger partial charge is 0.252 e. The normalized spacial score (nSPS) is 17.1. The molecule has 1 unspecified atom stereocenters. The molecule has 1 atom stereocenters. The van der Waals surface area contributed by atoms with Crippen molar-refractivity contribution >= 4 is 22.6 Å². The van der Waals surface area contributed by atoms with Crippen LogP contribution in [0.25, 0.3) is 10.9 Å². The van der Waals surface area contributed by atoms with E-state index in [4.69, 9.17) is 4.98 Å². The standard InChI is InChI=1S/C22H24N4O/c1-16-5-4-12-26(15-16)21-13-19(18-6-2-3-7-20(18)25-21)22(27)24-14-17-8-10-23-11-9-17/h2-3,6-11,13,16H,4-5,12,14-15H2,1H3,(H,24,27). The molecule has 1 fully saturated rings. The summed E-state index contributed by atoms with van der Waals surface area (Å²) in [6.45, 7) is 4.74. The van der Waals surface area contributed by atoms with Gasteiger partial charge in [-0.2, -0.15) is 0 Å². The molecule has 3 aromatic rings. The average molecular weight is 360 g/mol. The zero-order valence-electron chi connectivity index (χ0n) is 15.6. The summed E-state index contributed by atoms with van der Waals surface area (Å²) in [6, 6.07) is 13.6. The van der Waals surface area contributed by atoms with E-state index in [2.05, 4.69) is 22.1 Å². The van der Waals surface area contributed by atoms with Crippen molar-refractivity contribution in [3.63, 3.8) is 0 Å². The van der Waals surface area contributed by atoms with Gasteiger partial charge >= 0.3 is 0 Å². The lowest BCUT2D eigenvalue weighted by Crippen LogP contribution is -2.35. The molecule has 27 heavy (non-hydrogen) atoms. The predicted molar refractivity (Wildman–Crippen MR) is 108 cm³/mol. The van der Waals surface area contributed by atoms with Crippen molar-refractivity contribution in [1.29, 1.82) is 0 Å². The van der Waals surface area contributed by atoms with E-state index >= 15 is 0 Å². The van der Waals surface area contributed by atoms with Crippen LogP contribution in [-0.2, 0) is 6.54 Å². The van der Waals surface area contributed by atoms with Gasteiger partial charge in [-0.15, -0.1) is 0 Å². The number of carbonyl (C=O) groups excluding carboxylic acids is 1. The number of hydrogen-bond donors (Lipinski definition) is 1. The average Bonchev–Trinajstić information content (AvgIpc) is 2.72. The van der Waals surface area contributed by atoms with Gasteiger partial charge in [0.1, 0.15) is 5.82 Å². The highest BCUT2D eigenvalue weighted by Crippen LogP contribution is 2.26. The van der Waals surface area contributed by atoms with Crippen molar-refractivity contribution < 1.29 is 4.79 Å². The van der Waals surface area contributed by atoms with Crippen LogP contribution < -0.4 is 10.2 Å². The fourth-order valence-electron chi connectivity index (χ4n) is 3.69. The SMILES string of the molecule is CC1CCCN(c2cc(C(=O)NCc3ccncc3)c3ccccc3n2)C1. The van der Waals surface area contributed by atoms with Gasteiger partial charge in [0, 0.05) is 37.4 Å². The monoisotopic (exact) mass is 360 g/mol. The zero-order valence-corrected chi connectivity index (χ0v) is 15.6. The van der Waals surface area contributed by atoms with Crippen LogP contribution in [0.3, 0.4) is 0 Å². The van der Waals surface area contributed by atoms with Gasteiger partial charge in [-0.3, -0.25) is 9.78 Å². The van der Waals surface area contributed by atoms with Crippen LogP contribution in [-0.4, -0.2) is 29.0 Å². The number of nitrogens with zero attached hydrogens (tertiary/aromatic N) is 3. The quantitative estimate of drug-likeness (QED) is 0.769. The van der Waals surface area contributed by atoms with Gasteiger partial charge in [0.15, 0.2) is 0 Å². The number of fused-ring (bicyclic) bond motifs is 1. The summed E-state index contributed by atoms with van der Waals surface area (Å²) in [7, 11) is 0. The van der Waals surface area contributed by atoms with Crippen LogP contribution in [0.2, 0.25) is 0 Å². The Bertz CT molecular complexity index is 941. The van der Waals surface area contributed by atoms with Crippen molar-refractivity contribution in [1.82, 2.24) is 15.3 Å². The topological polar surface area (TPSA) is 58.1 Å². The van der Waals surface area contributed by atoms with Crippen molar-refractivity contribution in [2.45, 2.75) is 26.3 Å². The Kier molecular flexibility index (Phi) is 5.01. The molecule has 1 N–H and O–H groups in total. The Hall–Kier alpha value is -2.95. The molecule has 1 aromatic carbocycles. The number of pyridine rings is 2. The molecule has 0 bridgehead atoms. The zero-order chi connectivity index (χ0) is 18.6. The third-order valence-corrected chi connectivity index (χ3v) is 5.13. The fraction of sp³-hybridized carbons (Fsp3) is 0.318. The molecule has 4 rings (SSSR count). The van der Waals surface area contributed by atoms with E-state index in [1.807, 2.05) is 42.5 Å². The molecule has 0 aliphatic carbocycles. The molecule has 0 radical (unpaired) electrons. The Labute approximate surface area is 159 Å². The summed E-state index contributed by atoms with van der Waals surface area (Å²) >= 11 is 0. The van der Waals surface area contributed by atoms with Gasteiger partial charge in [-0.25, -0.2) is 4.98 Å². The number of aromatic nitrogens is 2. The first kappa shape index (κ1) is 17.5. The second kappa shape index (κ2) is 7.74. The number of para-hydroxylation sites is 1.